The molecule has 0 amide bonds. The van der Waals surface area contributed by atoms with Crippen LogP contribution in [0.25, 0.3) is 10.8 Å². The zero-order valence-corrected chi connectivity index (χ0v) is 12.4. The van der Waals surface area contributed by atoms with E-state index in [0.29, 0.717) is 0 Å². The van der Waals surface area contributed by atoms with E-state index >= 15 is 0 Å². The van der Waals surface area contributed by atoms with Crippen molar-refractivity contribution < 1.29 is 0 Å². The molecule has 0 aromatic heterocycles. The molecule has 106 valence electrons. The molecule has 2 aromatic rings. The van der Waals surface area contributed by atoms with Crippen molar-refractivity contribution in [2.75, 3.05) is 6.54 Å². The smallest absolute Gasteiger partial charge is 0.00985 e. The fraction of sp³-hybridized carbons (Fsp3) is 0.474. The molecule has 0 heterocycles. The summed E-state index contributed by atoms with van der Waals surface area (Å²) < 4.78 is 0. The Kier molecular flexibility index (Phi) is 4.37. The summed E-state index contributed by atoms with van der Waals surface area (Å²) in [4.78, 5) is 0. The van der Waals surface area contributed by atoms with Crippen molar-refractivity contribution in [2.24, 2.45) is 5.92 Å². The maximum absolute atomic E-state index is 3.75. The highest BCUT2D eigenvalue weighted by atomic mass is 14.9. The Hall–Kier alpha value is -1.34. The maximum Gasteiger partial charge on any atom is 0.00985 e. The molecular weight excluding hydrogens is 242 g/mol. The van der Waals surface area contributed by atoms with Gasteiger partial charge >= 0.3 is 0 Å². The standard InChI is InChI=1S/C19H25N/c1-2-13-20-19-12-6-10-17(19)14-16-9-5-8-15-7-3-4-11-18(15)16/h3-5,7-9,11,17,19-20H,2,6,10,12-14H2,1H3. The van der Waals surface area contributed by atoms with Crippen molar-refractivity contribution in [1.82, 2.24) is 5.32 Å². The molecule has 1 aliphatic carbocycles. The Bertz CT molecular complexity index is 555. The molecule has 2 aromatic carbocycles. The van der Waals surface area contributed by atoms with Crippen LogP contribution < -0.4 is 5.32 Å². The molecule has 2 unspecified atom stereocenters. The largest absolute Gasteiger partial charge is 0.314 e. The molecule has 1 heteroatoms. The van der Waals surface area contributed by atoms with Gasteiger partial charge in [-0.05, 0) is 54.5 Å². The van der Waals surface area contributed by atoms with Crippen LogP contribution in [0.2, 0.25) is 0 Å². The molecule has 0 radical (unpaired) electrons. The van der Waals surface area contributed by atoms with Crippen LogP contribution >= 0.6 is 0 Å². The van der Waals surface area contributed by atoms with Gasteiger partial charge in [-0.2, -0.15) is 0 Å². The molecule has 1 N–H and O–H groups in total. The molecule has 3 rings (SSSR count). The van der Waals surface area contributed by atoms with Gasteiger partial charge in [-0.15, -0.1) is 0 Å². The van der Waals surface area contributed by atoms with Gasteiger partial charge in [0.05, 0.1) is 0 Å². The lowest BCUT2D eigenvalue weighted by molar-refractivity contribution is 0.400. The number of fused-ring (bicyclic) bond motifs is 1. The third kappa shape index (κ3) is 2.88. The molecular formula is C19H25N. The summed E-state index contributed by atoms with van der Waals surface area (Å²) in [6.07, 6.45) is 6.58. The van der Waals surface area contributed by atoms with Gasteiger partial charge in [0.25, 0.3) is 0 Å². The molecule has 0 aliphatic heterocycles. The number of benzene rings is 2. The zero-order valence-electron chi connectivity index (χ0n) is 12.4. The van der Waals surface area contributed by atoms with E-state index in [2.05, 4.69) is 54.7 Å². The molecule has 1 nitrogen and oxygen atoms in total. The number of hydrogen-bond acceptors (Lipinski definition) is 1. The fourth-order valence-electron chi connectivity index (χ4n) is 3.63. The first-order valence-electron chi connectivity index (χ1n) is 8.08. The van der Waals surface area contributed by atoms with Crippen LogP contribution in [0, 0.1) is 5.92 Å². The van der Waals surface area contributed by atoms with E-state index in [0.717, 1.165) is 18.5 Å². The van der Waals surface area contributed by atoms with Crippen LogP contribution in [0.4, 0.5) is 0 Å². The van der Waals surface area contributed by atoms with Crippen LogP contribution in [0.5, 0.6) is 0 Å². The zero-order chi connectivity index (χ0) is 13.8. The van der Waals surface area contributed by atoms with Crippen molar-refractivity contribution in [3.63, 3.8) is 0 Å². The van der Waals surface area contributed by atoms with E-state index in [9.17, 15) is 0 Å². The maximum atomic E-state index is 3.75. The summed E-state index contributed by atoms with van der Waals surface area (Å²) in [6.45, 7) is 3.42. The summed E-state index contributed by atoms with van der Waals surface area (Å²) in [6, 6.07) is 16.3. The third-order valence-corrected chi connectivity index (χ3v) is 4.68. The van der Waals surface area contributed by atoms with Crippen LogP contribution in [-0.4, -0.2) is 12.6 Å². The minimum absolute atomic E-state index is 0.730. The lowest BCUT2D eigenvalue weighted by Crippen LogP contribution is -2.33. The first-order valence-corrected chi connectivity index (χ1v) is 8.08. The van der Waals surface area contributed by atoms with E-state index in [-0.39, 0.29) is 0 Å². The van der Waals surface area contributed by atoms with Gasteiger partial charge in [0, 0.05) is 6.04 Å². The second-order valence-corrected chi connectivity index (χ2v) is 6.09. The second kappa shape index (κ2) is 6.41. The Morgan fingerprint density at radius 3 is 2.80 bits per heavy atom. The van der Waals surface area contributed by atoms with Crippen molar-refractivity contribution in [1.29, 1.82) is 0 Å². The number of hydrogen-bond donors (Lipinski definition) is 1. The molecule has 1 fully saturated rings. The van der Waals surface area contributed by atoms with Gasteiger partial charge in [0.15, 0.2) is 0 Å². The number of rotatable bonds is 5. The molecule has 20 heavy (non-hydrogen) atoms. The van der Waals surface area contributed by atoms with Crippen LogP contribution in [0.15, 0.2) is 42.5 Å². The van der Waals surface area contributed by atoms with Crippen LogP contribution in [-0.2, 0) is 6.42 Å². The highest BCUT2D eigenvalue weighted by molar-refractivity contribution is 5.85. The first kappa shape index (κ1) is 13.6. The quantitative estimate of drug-likeness (QED) is 0.838. The van der Waals surface area contributed by atoms with Crippen molar-refractivity contribution in [3.8, 4) is 0 Å². The topological polar surface area (TPSA) is 12.0 Å². The predicted octanol–water partition coefficient (Wildman–Crippen LogP) is 4.55. The third-order valence-electron chi connectivity index (χ3n) is 4.68. The van der Waals surface area contributed by atoms with Gasteiger partial charge in [0.1, 0.15) is 0 Å². The fourth-order valence-corrected chi connectivity index (χ4v) is 3.63. The van der Waals surface area contributed by atoms with E-state index in [4.69, 9.17) is 0 Å². The van der Waals surface area contributed by atoms with E-state index in [1.807, 2.05) is 0 Å². The van der Waals surface area contributed by atoms with E-state index in [1.165, 1.54) is 48.4 Å². The molecule has 1 saturated carbocycles. The molecule has 0 saturated heterocycles. The number of nitrogens with one attached hydrogen (secondary N) is 1. The normalized spacial score (nSPS) is 22.4. The van der Waals surface area contributed by atoms with Crippen molar-refractivity contribution in [3.05, 3.63) is 48.0 Å². The predicted molar refractivity (Wildman–Crippen MR) is 87.1 cm³/mol. The summed E-state index contributed by atoms with van der Waals surface area (Å²) in [5.74, 6) is 0.812. The summed E-state index contributed by atoms with van der Waals surface area (Å²) >= 11 is 0. The van der Waals surface area contributed by atoms with E-state index < -0.39 is 0 Å². The minimum Gasteiger partial charge on any atom is -0.314 e. The Morgan fingerprint density at radius 1 is 1.05 bits per heavy atom. The average molecular weight is 267 g/mol. The monoisotopic (exact) mass is 267 g/mol. The summed E-state index contributed by atoms with van der Waals surface area (Å²) in [5, 5.41) is 6.57. The van der Waals surface area contributed by atoms with Crippen LogP contribution in [0.1, 0.15) is 38.2 Å². The SMILES string of the molecule is CCCNC1CCCC1Cc1cccc2ccccc12. The molecule has 1 aliphatic rings. The first-order chi connectivity index (χ1) is 9.88. The lowest BCUT2D eigenvalue weighted by atomic mass is 9.91. The van der Waals surface area contributed by atoms with E-state index in [1.54, 1.807) is 0 Å². The van der Waals surface area contributed by atoms with Gasteiger partial charge in [0.2, 0.25) is 0 Å². The Labute approximate surface area is 122 Å². The second-order valence-electron chi connectivity index (χ2n) is 6.09. The Morgan fingerprint density at radius 2 is 1.90 bits per heavy atom. The lowest BCUT2D eigenvalue weighted by Gasteiger charge is -2.21. The molecule has 0 spiro atoms. The van der Waals surface area contributed by atoms with Crippen LogP contribution in [0.3, 0.4) is 0 Å². The summed E-state index contributed by atoms with van der Waals surface area (Å²) in [7, 11) is 0. The van der Waals surface area contributed by atoms with Gasteiger partial charge in [-0.25, -0.2) is 0 Å². The molecule has 2 atom stereocenters. The highest BCUT2D eigenvalue weighted by Crippen LogP contribution is 2.31. The summed E-state index contributed by atoms with van der Waals surface area (Å²) in [5.41, 5.74) is 1.53. The minimum atomic E-state index is 0.730. The Balaban J connectivity index is 1.78. The van der Waals surface area contributed by atoms with Gasteiger partial charge in [-0.1, -0.05) is 55.8 Å². The van der Waals surface area contributed by atoms with Gasteiger partial charge in [-0.3, -0.25) is 0 Å². The van der Waals surface area contributed by atoms with Crippen molar-refractivity contribution in [2.45, 2.75) is 45.1 Å². The average Bonchev–Trinajstić information content (AvgIpc) is 2.93. The van der Waals surface area contributed by atoms with Crippen molar-refractivity contribution >= 4 is 10.8 Å². The molecule has 0 bridgehead atoms. The highest BCUT2D eigenvalue weighted by Gasteiger charge is 2.26. The van der Waals surface area contributed by atoms with Gasteiger partial charge < -0.3 is 5.32 Å².